The number of nitrogens with zero attached hydrogens (tertiary/aromatic N) is 1. The fourth-order valence-corrected chi connectivity index (χ4v) is 4.15. The Morgan fingerprint density at radius 2 is 2.00 bits per heavy atom. The van der Waals surface area contributed by atoms with Gasteiger partial charge in [0.15, 0.2) is 0 Å². The minimum absolute atomic E-state index is 0.0796. The Morgan fingerprint density at radius 3 is 2.62 bits per heavy atom. The van der Waals surface area contributed by atoms with Crippen LogP contribution in [0.4, 0.5) is 4.79 Å². The number of carbonyl (C=O) groups is 1. The van der Waals surface area contributed by atoms with E-state index in [9.17, 15) is 9.90 Å². The molecule has 0 spiro atoms. The van der Waals surface area contributed by atoms with Crippen LogP contribution in [0.25, 0.3) is 0 Å². The molecule has 1 saturated carbocycles. The van der Waals surface area contributed by atoms with E-state index in [0.29, 0.717) is 19.0 Å². The number of urea groups is 1. The van der Waals surface area contributed by atoms with Gasteiger partial charge >= 0.3 is 6.03 Å². The molecule has 1 aliphatic heterocycles. The normalized spacial score (nSPS) is 23.6. The zero-order valence-corrected chi connectivity index (χ0v) is 14.7. The van der Waals surface area contributed by atoms with Gasteiger partial charge in [-0.1, -0.05) is 36.8 Å². The molecule has 1 aliphatic carbocycles. The second-order valence-electron chi connectivity index (χ2n) is 7.47. The molecule has 2 amide bonds. The van der Waals surface area contributed by atoms with Crippen LogP contribution in [0.2, 0.25) is 0 Å². The summed E-state index contributed by atoms with van der Waals surface area (Å²) in [5, 5.41) is 12.9. The van der Waals surface area contributed by atoms with Gasteiger partial charge in [-0.25, -0.2) is 4.79 Å². The third-order valence-electron chi connectivity index (χ3n) is 5.65. The van der Waals surface area contributed by atoms with Crippen LogP contribution in [0.5, 0.6) is 0 Å². The SMILES string of the molecule is C[C@H](O)C[C@H](CNC(=O)N1CCC[C@H]1C1CCC1)c1ccccc1. The van der Waals surface area contributed by atoms with Gasteiger partial charge in [0.1, 0.15) is 0 Å². The lowest BCUT2D eigenvalue weighted by Gasteiger charge is -2.37. The summed E-state index contributed by atoms with van der Waals surface area (Å²) in [5.41, 5.74) is 1.18. The summed E-state index contributed by atoms with van der Waals surface area (Å²) >= 11 is 0. The number of hydrogen-bond acceptors (Lipinski definition) is 2. The van der Waals surface area contributed by atoms with E-state index in [1.165, 1.54) is 24.8 Å². The number of aliphatic hydroxyl groups excluding tert-OH is 1. The van der Waals surface area contributed by atoms with E-state index in [-0.39, 0.29) is 18.1 Å². The van der Waals surface area contributed by atoms with Crippen LogP contribution in [-0.2, 0) is 0 Å². The summed E-state index contributed by atoms with van der Waals surface area (Å²) in [5.74, 6) is 0.876. The van der Waals surface area contributed by atoms with Gasteiger partial charge in [0.25, 0.3) is 0 Å². The largest absolute Gasteiger partial charge is 0.393 e. The molecule has 0 unspecified atom stereocenters. The predicted octanol–water partition coefficient (Wildman–Crippen LogP) is 3.52. The highest BCUT2D eigenvalue weighted by atomic mass is 16.3. The van der Waals surface area contributed by atoms with Gasteiger partial charge in [0, 0.05) is 25.0 Å². The molecule has 132 valence electrons. The quantitative estimate of drug-likeness (QED) is 0.838. The number of amides is 2. The molecule has 4 nitrogen and oxygen atoms in total. The van der Waals surface area contributed by atoms with E-state index in [4.69, 9.17) is 0 Å². The van der Waals surface area contributed by atoms with Gasteiger partial charge < -0.3 is 15.3 Å². The fraction of sp³-hybridized carbons (Fsp3) is 0.650. The number of rotatable bonds is 6. The molecule has 0 radical (unpaired) electrons. The Kier molecular flexibility index (Phi) is 5.77. The maximum atomic E-state index is 12.7. The molecule has 0 aromatic heterocycles. The third-order valence-corrected chi connectivity index (χ3v) is 5.65. The lowest BCUT2D eigenvalue weighted by atomic mass is 9.79. The Morgan fingerprint density at radius 1 is 1.25 bits per heavy atom. The first-order chi connectivity index (χ1) is 11.6. The van der Waals surface area contributed by atoms with Crippen molar-refractivity contribution in [1.82, 2.24) is 10.2 Å². The maximum Gasteiger partial charge on any atom is 0.317 e. The molecule has 0 bridgehead atoms. The maximum absolute atomic E-state index is 12.7. The molecule has 1 aromatic carbocycles. The molecule has 24 heavy (non-hydrogen) atoms. The Labute approximate surface area is 145 Å². The topological polar surface area (TPSA) is 52.6 Å². The van der Waals surface area contributed by atoms with Crippen molar-refractivity contribution in [3.8, 4) is 0 Å². The van der Waals surface area contributed by atoms with Crippen molar-refractivity contribution in [1.29, 1.82) is 0 Å². The summed E-state index contributed by atoms with van der Waals surface area (Å²) in [6.07, 6.45) is 6.46. The predicted molar refractivity (Wildman–Crippen MR) is 95.9 cm³/mol. The molecule has 1 aromatic rings. The number of nitrogens with one attached hydrogen (secondary N) is 1. The average molecular weight is 330 g/mol. The van der Waals surface area contributed by atoms with Gasteiger partial charge in [-0.2, -0.15) is 0 Å². The molecular formula is C20H30N2O2. The lowest BCUT2D eigenvalue weighted by molar-refractivity contribution is 0.137. The monoisotopic (exact) mass is 330 g/mol. The van der Waals surface area contributed by atoms with E-state index in [2.05, 4.69) is 22.3 Å². The zero-order valence-electron chi connectivity index (χ0n) is 14.7. The highest BCUT2D eigenvalue weighted by Gasteiger charge is 2.37. The zero-order chi connectivity index (χ0) is 16.9. The average Bonchev–Trinajstić information content (AvgIpc) is 2.99. The van der Waals surface area contributed by atoms with E-state index < -0.39 is 0 Å². The number of benzene rings is 1. The number of aliphatic hydroxyl groups is 1. The first kappa shape index (κ1) is 17.3. The van der Waals surface area contributed by atoms with E-state index in [1.54, 1.807) is 0 Å². The van der Waals surface area contributed by atoms with Crippen molar-refractivity contribution >= 4 is 6.03 Å². The standard InChI is InChI=1S/C20H30N2O2/c1-15(23)13-18(16-7-3-2-4-8-16)14-21-20(24)22-12-6-11-19(22)17-9-5-10-17/h2-4,7-8,15,17-19,23H,5-6,9-14H2,1H3,(H,21,24)/t15-,18+,19-/m0/s1. The highest BCUT2D eigenvalue weighted by Crippen LogP contribution is 2.37. The summed E-state index contributed by atoms with van der Waals surface area (Å²) in [6, 6.07) is 10.7. The minimum atomic E-state index is -0.374. The first-order valence-corrected chi connectivity index (χ1v) is 9.42. The Hall–Kier alpha value is -1.55. The van der Waals surface area contributed by atoms with Crippen molar-refractivity contribution < 1.29 is 9.90 Å². The fourth-order valence-electron chi connectivity index (χ4n) is 4.15. The van der Waals surface area contributed by atoms with Crippen molar-refractivity contribution in [2.75, 3.05) is 13.1 Å². The number of likely N-dealkylation sites (tertiary alicyclic amines) is 1. The highest BCUT2D eigenvalue weighted by molar-refractivity contribution is 5.75. The second kappa shape index (κ2) is 8.02. The summed E-state index contributed by atoms with van der Waals surface area (Å²) in [6.45, 7) is 3.28. The van der Waals surface area contributed by atoms with Crippen LogP contribution in [0, 0.1) is 5.92 Å². The van der Waals surface area contributed by atoms with Gasteiger partial charge in [-0.3, -0.25) is 0 Å². The van der Waals surface area contributed by atoms with Gasteiger partial charge in [-0.05, 0) is 50.5 Å². The van der Waals surface area contributed by atoms with Gasteiger partial charge in [0.2, 0.25) is 0 Å². The summed E-state index contributed by atoms with van der Waals surface area (Å²) in [7, 11) is 0. The molecular weight excluding hydrogens is 300 g/mol. The van der Waals surface area contributed by atoms with E-state index in [1.807, 2.05) is 25.1 Å². The molecule has 2 N–H and O–H groups in total. The Bertz CT molecular complexity index is 528. The first-order valence-electron chi connectivity index (χ1n) is 9.42. The summed E-state index contributed by atoms with van der Waals surface area (Å²) < 4.78 is 0. The van der Waals surface area contributed by atoms with Crippen LogP contribution >= 0.6 is 0 Å². The molecule has 4 heteroatoms. The third kappa shape index (κ3) is 4.10. The molecule has 1 heterocycles. The van der Waals surface area contributed by atoms with Crippen LogP contribution in [-0.4, -0.2) is 41.3 Å². The molecule has 2 aliphatic rings. The molecule has 2 fully saturated rings. The lowest BCUT2D eigenvalue weighted by Crippen LogP contribution is -2.47. The Balaban J connectivity index is 1.58. The second-order valence-corrected chi connectivity index (χ2v) is 7.47. The van der Waals surface area contributed by atoms with Gasteiger partial charge in [0.05, 0.1) is 6.10 Å². The van der Waals surface area contributed by atoms with Crippen molar-refractivity contribution in [3.63, 3.8) is 0 Å². The molecule has 3 atom stereocenters. The van der Waals surface area contributed by atoms with Gasteiger partial charge in [-0.15, -0.1) is 0 Å². The van der Waals surface area contributed by atoms with Crippen LogP contribution in [0.1, 0.15) is 56.9 Å². The number of hydrogen-bond donors (Lipinski definition) is 2. The summed E-state index contributed by atoms with van der Waals surface area (Å²) in [4.78, 5) is 14.7. The minimum Gasteiger partial charge on any atom is -0.393 e. The van der Waals surface area contributed by atoms with Crippen molar-refractivity contribution in [2.45, 2.75) is 63.5 Å². The van der Waals surface area contributed by atoms with Crippen LogP contribution in [0.3, 0.4) is 0 Å². The van der Waals surface area contributed by atoms with Crippen LogP contribution in [0.15, 0.2) is 30.3 Å². The van der Waals surface area contributed by atoms with E-state index in [0.717, 1.165) is 25.3 Å². The van der Waals surface area contributed by atoms with Crippen molar-refractivity contribution in [3.05, 3.63) is 35.9 Å². The molecule has 3 rings (SSSR count). The van der Waals surface area contributed by atoms with E-state index >= 15 is 0 Å². The number of carbonyl (C=O) groups excluding carboxylic acids is 1. The van der Waals surface area contributed by atoms with Crippen molar-refractivity contribution in [2.24, 2.45) is 5.92 Å². The molecule has 1 saturated heterocycles. The van der Waals surface area contributed by atoms with Crippen LogP contribution < -0.4 is 5.32 Å². The smallest absolute Gasteiger partial charge is 0.317 e.